The molecule has 0 aliphatic carbocycles. The predicted molar refractivity (Wildman–Crippen MR) is 66.5 cm³/mol. The van der Waals surface area contributed by atoms with Gasteiger partial charge in [-0.15, -0.1) is 6.42 Å². The zero-order valence-electron chi connectivity index (χ0n) is 10.7. The third-order valence-electron chi connectivity index (χ3n) is 2.14. The van der Waals surface area contributed by atoms with E-state index in [-0.39, 0.29) is 11.7 Å². The maximum absolute atomic E-state index is 13.5. The van der Waals surface area contributed by atoms with Crippen molar-refractivity contribution in [1.82, 2.24) is 4.98 Å². The van der Waals surface area contributed by atoms with E-state index < -0.39 is 17.2 Å². The van der Waals surface area contributed by atoms with Gasteiger partial charge in [0.05, 0.1) is 0 Å². The average molecular weight is 254 g/mol. The first-order valence-corrected chi connectivity index (χ1v) is 5.66. The molecular weight excluding hydrogens is 238 g/mol. The highest BCUT2D eigenvalue weighted by molar-refractivity contribution is 5.40. The smallest absolute Gasteiger partial charge is 0.254 e. The van der Waals surface area contributed by atoms with Crippen molar-refractivity contribution < 1.29 is 13.5 Å². The lowest BCUT2D eigenvalue weighted by Gasteiger charge is -2.20. The van der Waals surface area contributed by atoms with Gasteiger partial charge in [0.15, 0.2) is 23.1 Å². The summed E-state index contributed by atoms with van der Waals surface area (Å²) in [5.41, 5.74) is -1.01. The van der Waals surface area contributed by atoms with E-state index in [4.69, 9.17) is 11.2 Å². The summed E-state index contributed by atoms with van der Waals surface area (Å²) >= 11 is 0. The predicted octanol–water partition coefficient (Wildman–Crippen LogP) is 2.97. The lowest BCUT2D eigenvalue weighted by molar-refractivity contribution is 0.156. The number of halogens is 2. The molecule has 0 amide bonds. The topological polar surface area (TPSA) is 34.1 Å². The fourth-order valence-electron chi connectivity index (χ4n) is 1.16. The van der Waals surface area contributed by atoms with Crippen molar-refractivity contribution in [3.05, 3.63) is 17.7 Å². The van der Waals surface area contributed by atoms with Crippen LogP contribution in [-0.2, 0) is 0 Å². The molecule has 98 valence electrons. The molecule has 0 atom stereocenters. The Balaban J connectivity index is 3.02. The maximum Gasteiger partial charge on any atom is 0.254 e. The Morgan fingerprint density at radius 1 is 1.44 bits per heavy atom. The number of ether oxygens (including phenoxy) is 1. The van der Waals surface area contributed by atoms with Crippen LogP contribution in [0.4, 0.5) is 14.6 Å². The van der Waals surface area contributed by atoms with Gasteiger partial charge in [0.25, 0.3) is 5.88 Å². The number of terminal acetylenes is 1. The first-order valence-electron chi connectivity index (χ1n) is 5.66. The standard InChI is InChI=1S/C13H16F2N2O/c1-5-7-16-11-9(14)8-10(15)12(17-11)18-13(3,4)6-2/h2,8H,5,7H2,1,3-4H3,(H,16,17). The van der Waals surface area contributed by atoms with Gasteiger partial charge in [0.2, 0.25) is 0 Å². The van der Waals surface area contributed by atoms with Crippen LogP contribution in [-0.4, -0.2) is 17.1 Å². The van der Waals surface area contributed by atoms with Crippen LogP contribution in [0.5, 0.6) is 5.88 Å². The molecule has 1 heterocycles. The monoisotopic (exact) mass is 254 g/mol. The Bertz CT molecular complexity index is 467. The lowest BCUT2D eigenvalue weighted by atomic mass is 10.1. The molecule has 0 radical (unpaired) electrons. The van der Waals surface area contributed by atoms with E-state index in [1.54, 1.807) is 13.8 Å². The van der Waals surface area contributed by atoms with Crippen molar-refractivity contribution in [2.75, 3.05) is 11.9 Å². The fourth-order valence-corrected chi connectivity index (χ4v) is 1.16. The number of pyridine rings is 1. The van der Waals surface area contributed by atoms with Crippen LogP contribution in [0.25, 0.3) is 0 Å². The molecule has 1 aromatic heterocycles. The van der Waals surface area contributed by atoms with Gasteiger partial charge in [-0.2, -0.15) is 4.98 Å². The maximum atomic E-state index is 13.5. The molecule has 1 rings (SSSR count). The molecule has 0 bridgehead atoms. The van der Waals surface area contributed by atoms with E-state index in [1.165, 1.54) is 0 Å². The van der Waals surface area contributed by atoms with Crippen molar-refractivity contribution in [1.29, 1.82) is 0 Å². The molecule has 0 aliphatic heterocycles. The van der Waals surface area contributed by atoms with E-state index in [9.17, 15) is 8.78 Å². The molecular formula is C13H16F2N2O. The highest BCUT2D eigenvalue weighted by atomic mass is 19.1. The lowest BCUT2D eigenvalue weighted by Crippen LogP contribution is -2.27. The quantitative estimate of drug-likeness (QED) is 0.820. The van der Waals surface area contributed by atoms with Crippen LogP contribution >= 0.6 is 0 Å². The van der Waals surface area contributed by atoms with Crippen LogP contribution in [0.1, 0.15) is 27.2 Å². The summed E-state index contributed by atoms with van der Waals surface area (Å²) in [7, 11) is 0. The summed E-state index contributed by atoms with van der Waals surface area (Å²) in [6.07, 6.45) is 6.03. The van der Waals surface area contributed by atoms with E-state index in [2.05, 4.69) is 16.2 Å². The fraction of sp³-hybridized carbons (Fsp3) is 0.462. The molecule has 18 heavy (non-hydrogen) atoms. The van der Waals surface area contributed by atoms with Crippen molar-refractivity contribution in [2.45, 2.75) is 32.8 Å². The molecule has 3 nitrogen and oxygen atoms in total. The van der Waals surface area contributed by atoms with Gasteiger partial charge in [0, 0.05) is 12.6 Å². The van der Waals surface area contributed by atoms with Crippen LogP contribution in [0.2, 0.25) is 0 Å². The summed E-state index contributed by atoms with van der Waals surface area (Å²) in [4.78, 5) is 3.76. The number of hydrogen-bond acceptors (Lipinski definition) is 3. The minimum Gasteiger partial charge on any atom is -0.456 e. The number of anilines is 1. The van der Waals surface area contributed by atoms with Gasteiger partial charge in [0.1, 0.15) is 0 Å². The summed E-state index contributed by atoms with van der Waals surface area (Å²) in [5, 5.41) is 2.75. The van der Waals surface area contributed by atoms with Crippen molar-refractivity contribution in [3.63, 3.8) is 0 Å². The SMILES string of the molecule is C#CC(C)(C)Oc1nc(NCCC)c(F)cc1F. The molecule has 0 aliphatic rings. The molecule has 0 saturated carbocycles. The second kappa shape index (κ2) is 5.67. The Morgan fingerprint density at radius 2 is 2.11 bits per heavy atom. The molecule has 0 fully saturated rings. The van der Waals surface area contributed by atoms with Crippen LogP contribution < -0.4 is 10.1 Å². The summed E-state index contributed by atoms with van der Waals surface area (Å²) < 4.78 is 32.1. The van der Waals surface area contributed by atoms with Crippen molar-refractivity contribution in [3.8, 4) is 18.2 Å². The van der Waals surface area contributed by atoms with Gasteiger partial charge in [-0.25, -0.2) is 8.78 Å². The van der Waals surface area contributed by atoms with Crippen LogP contribution in [0.3, 0.4) is 0 Å². The first-order chi connectivity index (χ1) is 8.39. The third kappa shape index (κ3) is 3.59. The van der Waals surface area contributed by atoms with Crippen LogP contribution in [0, 0.1) is 24.0 Å². The number of nitrogens with one attached hydrogen (secondary N) is 1. The van der Waals surface area contributed by atoms with Gasteiger partial charge in [-0.1, -0.05) is 12.8 Å². The zero-order valence-corrected chi connectivity index (χ0v) is 10.7. The number of nitrogens with zero attached hydrogens (tertiary/aromatic N) is 1. The van der Waals surface area contributed by atoms with E-state index in [1.807, 2.05) is 6.92 Å². The second-order valence-electron chi connectivity index (χ2n) is 4.29. The van der Waals surface area contributed by atoms with E-state index >= 15 is 0 Å². The normalized spacial score (nSPS) is 10.9. The average Bonchev–Trinajstić information content (AvgIpc) is 2.31. The van der Waals surface area contributed by atoms with Gasteiger partial charge in [-0.05, 0) is 20.3 Å². The Morgan fingerprint density at radius 3 is 2.67 bits per heavy atom. The molecule has 0 aromatic carbocycles. The molecule has 0 spiro atoms. The Labute approximate surface area is 106 Å². The minimum atomic E-state index is -1.01. The molecule has 1 N–H and O–H groups in total. The van der Waals surface area contributed by atoms with Crippen LogP contribution in [0.15, 0.2) is 6.07 Å². The second-order valence-corrected chi connectivity index (χ2v) is 4.29. The first kappa shape index (κ1) is 14.2. The summed E-state index contributed by atoms with van der Waals surface area (Å²) in [6.45, 7) is 5.65. The third-order valence-corrected chi connectivity index (χ3v) is 2.14. The van der Waals surface area contributed by atoms with E-state index in [0.717, 1.165) is 12.5 Å². The molecule has 5 heteroatoms. The highest BCUT2D eigenvalue weighted by Gasteiger charge is 2.21. The zero-order chi connectivity index (χ0) is 13.8. The molecule has 0 unspecified atom stereocenters. The van der Waals surface area contributed by atoms with Crippen molar-refractivity contribution in [2.24, 2.45) is 0 Å². The summed E-state index contributed by atoms with van der Waals surface area (Å²) in [6, 6.07) is 0.729. The summed E-state index contributed by atoms with van der Waals surface area (Å²) in [5.74, 6) is 0.369. The Kier molecular flexibility index (Phi) is 4.49. The number of hydrogen-bond donors (Lipinski definition) is 1. The van der Waals surface area contributed by atoms with Gasteiger partial charge >= 0.3 is 0 Å². The molecule has 0 saturated heterocycles. The van der Waals surface area contributed by atoms with Gasteiger partial charge < -0.3 is 10.1 Å². The minimum absolute atomic E-state index is 0.0407. The number of rotatable bonds is 5. The Hall–Kier alpha value is -1.83. The highest BCUT2D eigenvalue weighted by Crippen LogP contribution is 2.24. The largest absolute Gasteiger partial charge is 0.456 e. The van der Waals surface area contributed by atoms with Gasteiger partial charge in [-0.3, -0.25) is 0 Å². The number of aromatic nitrogens is 1. The molecule has 1 aromatic rings. The van der Waals surface area contributed by atoms with Crippen molar-refractivity contribution >= 4 is 5.82 Å². The van der Waals surface area contributed by atoms with E-state index in [0.29, 0.717) is 6.54 Å².